The minimum atomic E-state index is -0.438. The molecule has 2 N–H and O–H groups in total. The number of halogens is 1. The van der Waals surface area contributed by atoms with Crippen molar-refractivity contribution in [3.05, 3.63) is 59.8 Å². The zero-order valence-corrected chi connectivity index (χ0v) is 16.4. The molecule has 0 aliphatic heterocycles. The molecule has 4 aromatic heterocycles. The Kier molecular flexibility index (Phi) is 5.05. The molecule has 0 radical (unpaired) electrons. The third-order valence-corrected chi connectivity index (χ3v) is 4.46. The van der Waals surface area contributed by atoms with E-state index in [1.54, 1.807) is 18.5 Å². The molecule has 4 heterocycles. The number of carbonyl (C=O) groups excluding carboxylic acids is 1. The van der Waals surface area contributed by atoms with Gasteiger partial charge in [-0.1, -0.05) is 25.4 Å². The number of carbonyl (C=O) groups is 1. The molecule has 4 aromatic rings. The molecule has 0 bridgehead atoms. The van der Waals surface area contributed by atoms with Gasteiger partial charge in [-0.15, -0.1) is 4.80 Å². The molecule has 29 heavy (non-hydrogen) atoms. The van der Waals surface area contributed by atoms with Gasteiger partial charge >= 0.3 is 6.03 Å². The molecule has 0 spiro atoms. The third-order valence-electron chi connectivity index (χ3n) is 4.18. The highest BCUT2D eigenvalue weighted by Gasteiger charge is 2.16. The lowest BCUT2D eigenvalue weighted by Crippen LogP contribution is -2.21. The summed E-state index contributed by atoms with van der Waals surface area (Å²) >= 11 is 6.24. The van der Waals surface area contributed by atoms with Crippen molar-refractivity contribution >= 4 is 40.0 Å². The summed E-state index contributed by atoms with van der Waals surface area (Å²) in [6.07, 6.45) is 7.88. The van der Waals surface area contributed by atoms with Crippen LogP contribution in [0.5, 0.6) is 0 Å². The van der Waals surface area contributed by atoms with E-state index in [9.17, 15) is 4.79 Å². The van der Waals surface area contributed by atoms with Gasteiger partial charge in [0, 0.05) is 11.8 Å². The molecule has 0 aliphatic carbocycles. The average molecular weight is 409 g/mol. The van der Waals surface area contributed by atoms with Gasteiger partial charge in [-0.3, -0.25) is 9.97 Å². The number of hydrogen-bond acceptors (Lipinski definition) is 6. The predicted molar refractivity (Wildman–Crippen MR) is 110 cm³/mol. The molecule has 0 aromatic carbocycles. The van der Waals surface area contributed by atoms with Gasteiger partial charge in [0.15, 0.2) is 5.82 Å². The zero-order chi connectivity index (χ0) is 20.4. The van der Waals surface area contributed by atoms with Crippen LogP contribution in [0.4, 0.5) is 16.2 Å². The van der Waals surface area contributed by atoms with Gasteiger partial charge in [-0.25, -0.2) is 9.78 Å². The molecular weight excluding hydrogens is 392 g/mol. The first-order chi connectivity index (χ1) is 14.0. The molecule has 10 heteroatoms. The van der Waals surface area contributed by atoms with Crippen LogP contribution in [0.2, 0.25) is 5.02 Å². The second-order valence-corrected chi connectivity index (χ2v) is 6.95. The SMILES string of the molecule is CC(C)c1c(NC(=O)Nc2cnc(-n3nccn3)c(Cl)c2)cnc2cccnc12. The van der Waals surface area contributed by atoms with Crippen LogP contribution in [0.15, 0.2) is 49.2 Å². The van der Waals surface area contributed by atoms with E-state index in [0.717, 1.165) is 16.6 Å². The van der Waals surface area contributed by atoms with E-state index in [2.05, 4.69) is 35.8 Å². The van der Waals surface area contributed by atoms with Gasteiger partial charge in [0.2, 0.25) is 0 Å². The maximum absolute atomic E-state index is 12.5. The van der Waals surface area contributed by atoms with E-state index in [0.29, 0.717) is 22.2 Å². The van der Waals surface area contributed by atoms with Crippen molar-refractivity contribution in [1.29, 1.82) is 0 Å². The van der Waals surface area contributed by atoms with Gasteiger partial charge in [0.05, 0.1) is 52.2 Å². The van der Waals surface area contributed by atoms with E-state index in [1.165, 1.54) is 23.4 Å². The lowest BCUT2D eigenvalue weighted by Gasteiger charge is -2.16. The Balaban J connectivity index is 1.56. The van der Waals surface area contributed by atoms with Crippen molar-refractivity contribution in [2.45, 2.75) is 19.8 Å². The topological polar surface area (TPSA) is 111 Å². The van der Waals surface area contributed by atoms with Crippen LogP contribution < -0.4 is 10.6 Å². The predicted octanol–water partition coefficient (Wildman–Crippen LogP) is 4.03. The third kappa shape index (κ3) is 3.85. The molecule has 2 amide bonds. The Morgan fingerprint density at radius 1 is 1.07 bits per heavy atom. The Bertz CT molecular complexity index is 1180. The minimum Gasteiger partial charge on any atom is -0.306 e. The van der Waals surface area contributed by atoms with E-state index in [4.69, 9.17) is 11.6 Å². The van der Waals surface area contributed by atoms with Crippen LogP contribution in [-0.4, -0.2) is 36.0 Å². The Labute approximate surface area is 171 Å². The molecule has 4 rings (SSSR count). The molecule has 0 unspecified atom stereocenters. The van der Waals surface area contributed by atoms with Gasteiger partial charge in [0.1, 0.15) is 0 Å². The normalized spacial score (nSPS) is 11.0. The molecule has 9 nitrogen and oxygen atoms in total. The summed E-state index contributed by atoms with van der Waals surface area (Å²) in [7, 11) is 0. The van der Waals surface area contributed by atoms with Crippen molar-refractivity contribution in [2.75, 3.05) is 10.6 Å². The van der Waals surface area contributed by atoms with Gasteiger partial charge < -0.3 is 10.6 Å². The van der Waals surface area contributed by atoms with Crippen molar-refractivity contribution < 1.29 is 4.79 Å². The molecule has 0 saturated carbocycles. The summed E-state index contributed by atoms with van der Waals surface area (Å²) in [4.78, 5) is 26.9. The summed E-state index contributed by atoms with van der Waals surface area (Å²) in [5.41, 5.74) is 3.49. The van der Waals surface area contributed by atoms with Crippen LogP contribution in [0.1, 0.15) is 25.3 Å². The average Bonchev–Trinajstić information content (AvgIpc) is 3.22. The summed E-state index contributed by atoms with van der Waals surface area (Å²) in [6, 6.07) is 4.86. The lowest BCUT2D eigenvalue weighted by atomic mass is 10.0. The number of hydrogen-bond donors (Lipinski definition) is 2. The van der Waals surface area contributed by atoms with Crippen LogP contribution in [0.25, 0.3) is 16.9 Å². The van der Waals surface area contributed by atoms with Crippen LogP contribution in [0, 0.1) is 0 Å². The fraction of sp³-hybridized carbons (Fsp3) is 0.158. The number of fused-ring (bicyclic) bond motifs is 1. The summed E-state index contributed by atoms with van der Waals surface area (Å²) < 4.78 is 0. The van der Waals surface area contributed by atoms with Crippen molar-refractivity contribution in [3.63, 3.8) is 0 Å². The van der Waals surface area contributed by atoms with Crippen molar-refractivity contribution in [3.8, 4) is 5.82 Å². The monoisotopic (exact) mass is 408 g/mol. The van der Waals surface area contributed by atoms with Crippen molar-refractivity contribution in [2.24, 2.45) is 0 Å². The van der Waals surface area contributed by atoms with Gasteiger partial charge in [-0.2, -0.15) is 10.2 Å². The van der Waals surface area contributed by atoms with E-state index >= 15 is 0 Å². The second kappa shape index (κ2) is 7.80. The number of pyridine rings is 3. The minimum absolute atomic E-state index is 0.141. The number of aromatic nitrogens is 6. The summed E-state index contributed by atoms with van der Waals surface area (Å²) in [6.45, 7) is 4.08. The number of amides is 2. The number of nitrogens with zero attached hydrogens (tertiary/aromatic N) is 6. The number of rotatable bonds is 4. The van der Waals surface area contributed by atoms with Crippen LogP contribution in [-0.2, 0) is 0 Å². The highest BCUT2D eigenvalue weighted by atomic mass is 35.5. The highest BCUT2D eigenvalue weighted by Crippen LogP contribution is 2.30. The Morgan fingerprint density at radius 2 is 1.86 bits per heavy atom. The Hall–Kier alpha value is -3.59. The molecule has 0 saturated heterocycles. The molecule has 146 valence electrons. The summed E-state index contributed by atoms with van der Waals surface area (Å²) in [5.74, 6) is 0.511. The van der Waals surface area contributed by atoms with Crippen LogP contribution in [0.3, 0.4) is 0 Å². The quantitative estimate of drug-likeness (QED) is 0.527. The molecule has 0 atom stereocenters. The first-order valence-electron chi connectivity index (χ1n) is 8.87. The molecular formula is C19H17ClN8O. The van der Waals surface area contributed by atoms with Crippen LogP contribution >= 0.6 is 11.6 Å². The first kappa shape index (κ1) is 18.8. The van der Waals surface area contributed by atoms with E-state index in [-0.39, 0.29) is 5.92 Å². The summed E-state index contributed by atoms with van der Waals surface area (Å²) in [5, 5.41) is 13.8. The smallest absolute Gasteiger partial charge is 0.306 e. The van der Waals surface area contributed by atoms with E-state index in [1.807, 2.05) is 26.0 Å². The molecule has 0 aliphatic rings. The van der Waals surface area contributed by atoms with Gasteiger partial charge in [-0.05, 0) is 24.1 Å². The fourth-order valence-corrected chi connectivity index (χ4v) is 3.22. The van der Waals surface area contributed by atoms with Gasteiger partial charge in [0.25, 0.3) is 0 Å². The second-order valence-electron chi connectivity index (χ2n) is 6.54. The maximum atomic E-state index is 12.5. The largest absolute Gasteiger partial charge is 0.323 e. The standard InChI is InChI=1S/C19H17ClN8O/c1-11(2)16-15(10-22-14-4-3-5-21-17(14)16)27-19(29)26-12-8-13(20)18(23-9-12)28-24-6-7-25-28/h3-11H,1-2H3,(H2,26,27,29). The zero-order valence-electron chi connectivity index (χ0n) is 15.7. The number of urea groups is 1. The maximum Gasteiger partial charge on any atom is 0.323 e. The molecule has 0 fully saturated rings. The lowest BCUT2D eigenvalue weighted by molar-refractivity contribution is 0.262. The highest BCUT2D eigenvalue weighted by molar-refractivity contribution is 6.32. The van der Waals surface area contributed by atoms with E-state index < -0.39 is 6.03 Å². The first-order valence-corrected chi connectivity index (χ1v) is 9.24. The number of nitrogens with one attached hydrogen (secondary N) is 2. The Morgan fingerprint density at radius 3 is 2.59 bits per heavy atom. The fourth-order valence-electron chi connectivity index (χ4n) is 2.98. The number of anilines is 2. The van der Waals surface area contributed by atoms with Crippen molar-refractivity contribution in [1.82, 2.24) is 29.9 Å².